The van der Waals surface area contributed by atoms with Gasteiger partial charge in [0.05, 0.1) is 4.88 Å². The molecule has 0 radical (unpaired) electrons. The number of rotatable bonds is 2. The fourth-order valence-electron chi connectivity index (χ4n) is 1.94. The maximum Gasteiger partial charge on any atom is 0.183 e. The van der Waals surface area contributed by atoms with Gasteiger partial charge in [-0.2, -0.15) is 4.57 Å². The molecule has 2 aromatic rings. The lowest BCUT2D eigenvalue weighted by Gasteiger charge is -2.04. The number of aryl methyl sites for hydroxylation is 3. The van der Waals surface area contributed by atoms with Crippen LogP contribution in [0.15, 0.2) is 29.6 Å². The normalized spacial score (nSPS) is 9.94. The summed E-state index contributed by atoms with van der Waals surface area (Å²) in [7, 11) is 0. The largest absolute Gasteiger partial charge is 1.00 e. The van der Waals surface area contributed by atoms with Crippen LogP contribution in [0.2, 0.25) is 0 Å². The lowest BCUT2D eigenvalue weighted by Crippen LogP contribution is -3.00. The molecule has 0 saturated carbocycles. The van der Waals surface area contributed by atoms with E-state index in [0.717, 1.165) is 6.54 Å². The summed E-state index contributed by atoms with van der Waals surface area (Å²) in [4.78, 5) is 1.41. The van der Waals surface area contributed by atoms with Crippen LogP contribution in [-0.2, 0) is 6.54 Å². The predicted octanol–water partition coefficient (Wildman–Crippen LogP) is 0.0132. The number of aromatic nitrogens is 1. The van der Waals surface area contributed by atoms with Crippen LogP contribution in [0.4, 0.5) is 0 Å². The first-order valence-corrected chi connectivity index (χ1v) is 6.05. The van der Waals surface area contributed by atoms with E-state index in [1.54, 1.807) is 0 Å². The van der Waals surface area contributed by atoms with Crippen LogP contribution in [0.1, 0.15) is 21.8 Å². The molecule has 2 rings (SSSR count). The van der Waals surface area contributed by atoms with E-state index in [2.05, 4.69) is 55.0 Å². The standard InChI is InChI=1S/C13H16NS.BrH/c1-10-7-11(2)14(12(3)8-10)9-13-5-4-6-15-13;/h4-8H,9H2,1-3H3;1H/q+1;/p-1. The average molecular weight is 298 g/mol. The number of nitrogens with zero attached hydrogens (tertiary/aromatic N) is 1. The number of thiophene rings is 1. The minimum absolute atomic E-state index is 0. The van der Waals surface area contributed by atoms with Crippen molar-refractivity contribution in [1.82, 2.24) is 0 Å². The first kappa shape index (κ1) is 13.4. The molecule has 0 fully saturated rings. The molecule has 2 aromatic heterocycles. The number of hydrogen-bond acceptors (Lipinski definition) is 1. The van der Waals surface area contributed by atoms with Crippen LogP contribution in [0.3, 0.4) is 0 Å². The van der Waals surface area contributed by atoms with Gasteiger partial charge in [-0.05, 0) is 23.9 Å². The Balaban J connectivity index is 0.00000128. The van der Waals surface area contributed by atoms with Crippen LogP contribution in [-0.4, -0.2) is 0 Å². The molecule has 0 atom stereocenters. The molecular formula is C13H16BrNS. The van der Waals surface area contributed by atoms with E-state index in [9.17, 15) is 0 Å². The van der Waals surface area contributed by atoms with Gasteiger partial charge in [0.2, 0.25) is 0 Å². The lowest BCUT2D eigenvalue weighted by atomic mass is 10.2. The molecule has 2 heterocycles. The number of pyridine rings is 1. The topological polar surface area (TPSA) is 3.88 Å². The maximum absolute atomic E-state index is 2.36. The molecule has 3 heteroatoms. The minimum atomic E-state index is 0. The highest BCUT2D eigenvalue weighted by molar-refractivity contribution is 7.09. The van der Waals surface area contributed by atoms with Gasteiger partial charge in [0.1, 0.15) is 0 Å². The summed E-state index contributed by atoms with van der Waals surface area (Å²) in [6.45, 7) is 7.49. The third kappa shape index (κ3) is 2.92. The van der Waals surface area contributed by atoms with Crippen molar-refractivity contribution in [3.63, 3.8) is 0 Å². The van der Waals surface area contributed by atoms with E-state index < -0.39 is 0 Å². The highest BCUT2D eigenvalue weighted by Gasteiger charge is 2.12. The quantitative estimate of drug-likeness (QED) is 0.688. The molecular weight excluding hydrogens is 282 g/mol. The van der Waals surface area contributed by atoms with Crippen molar-refractivity contribution >= 4 is 11.3 Å². The van der Waals surface area contributed by atoms with Crippen LogP contribution in [0.5, 0.6) is 0 Å². The van der Waals surface area contributed by atoms with E-state index in [0.29, 0.717) is 0 Å². The van der Waals surface area contributed by atoms with E-state index in [1.165, 1.54) is 21.8 Å². The van der Waals surface area contributed by atoms with Gasteiger partial charge in [0.15, 0.2) is 17.9 Å². The zero-order valence-corrected chi connectivity index (χ0v) is 12.2. The Morgan fingerprint density at radius 2 is 1.75 bits per heavy atom. The van der Waals surface area contributed by atoms with Crippen molar-refractivity contribution < 1.29 is 21.5 Å². The third-order valence-electron chi connectivity index (χ3n) is 2.62. The molecule has 0 amide bonds. The Labute approximate surface area is 112 Å². The maximum atomic E-state index is 2.36. The van der Waals surface area contributed by atoms with E-state index in [4.69, 9.17) is 0 Å². The lowest BCUT2D eigenvalue weighted by molar-refractivity contribution is -0.699. The van der Waals surface area contributed by atoms with E-state index in [-0.39, 0.29) is 17.0 Å². The monoisotopic (exact) mass is 297 g/mol. The summed E-state index contributed by atoms with van der Waals surface area (Å²) >= 11 is 1.82. The van der Waals surface area contributed by atoms with Crippen LogP contribution in [0.25, 0.3) is 0 Å². The van der Waals surface area contributed by atoms with Crippen molar-refractivity contribution in [3.05, 3.63) is 51.5 Å². The summed E-state index contributed by atoms with van der Waals surface area (Å²) in [5.74, 6) is 0. The van der Waals surface area contributed by atoms with Gasteiger partial charge in [0, 0.05) is 26.0 Å². The first-order chi connectivity index (χ1) is 7.16. The molecule has 0 aliphatic rings. The Kier molecular flexibility index (Phi) is 4.69. The second-order valence-corrected chi connectivity index (χ2v) is 5.01. The number of hydrogen-bond donors (Lipinski definition) is 0. The molecule has 0 bridgehead atoms. The van der Waals surface area contributed by atoms with Gasteiger partial charge in [-0.15, -0.1) is 11.3 Å². The van der Waals surface area contributed by atoms with Crippen molar-refractivity contribution in [2.75, 3.05) is 0 Å². The van der Waals surface area contributed by atoms with Crippen molar-refractivity contribution in [2.24, 2.45) is 0 Å². The smallest absolute Gasteiger partial charge is 0.183 e. The van der Waals surface area contributed by atoms with Crippen LogP contribution in [0, 0.1) is 20.8 Å². The summed E-state index contributed by atoms with van der Waals surface area (Å²) in [5, 5.41) is 2.13. The predicted molar refractivity (Wildman–Crippen MR) is 64.3 cm³/mol. The fourth-order valence-corrected chi connectivity index (χ4v) is 2.64. The molecule has 1 nitrogen and oxygen atoms in total. The van der Waals surface area contributed by atoms with Crippen LogP contribution >= 0.6 is 11.3 Å². The molecule has 0 spiro atoms. The van der Waals surface area contributed by atoms with Crippen LogP contribution < -0.4 is 21.5 Å². The Morgan fingerprint density at radius 1 is 1.12 bits per heavy atom. The SMILES string of the molecule is Cc1cc(C)[n+](Cc2cccs2)c(C)c1.[Br-]. The van der Waals surface area contributed by atoms with Gasteiger partial charge in [0.25, 0.3) is 0 Å². The Hall–Kier alpha value is -0.670. The number of halogens is 1. The highest BCUT2D eigenvalue weighted by Crippen LogP contribution is 2.09. The summed E-state index contributed by atoms with van der Waals surface area (Å²) in [6.07, 6.45) is 0. The molecule has 0 N–H and O–H groups in total. The zero-order chi connectivity index (χ0) is 10.8. The molecule has 16 heavy (non-hydrogen) atoms. The van der Waals surface area contributed by atoms with Gasteiger partial charge < -0.3 is 17.0 Å². The average Bonchev–Trinajstić information content (AvgIpc) is 2.63. The van der Waals surface area contributed by atoms with Gasteiger partial charge >= 0.3 is 0 Å². The summed E-state index contributed by atoms with van der Waals surface area (Å²) < 4.78 is 2.36. The highest BCUT2D eigenvalue weighted by atomic mass is 79.9. The molecule has 86 valence electrons. The van der Waals surface area contributed by atoms with E-state index >= 15 is 0 Å². The third-order valence-corrected chi connectivity index (χ3v) is 3.48. The van der Waals surface area contributed by atoms with Crippen molar-refractivity contribution in [3.8, 4) is 0 Å². The fraction of sp³-hybridized carbons (Fsp3) is 0.308. The summed E-state index contributed by atoms with van der Waals surface area (Å²) in [5.41, 5.74) is 4.01. The van der Waals surface area contributed by atoms with Gasteiger partial charge in [-0.25, -0.2) is 0 Å². The van der Waals surface area contributed by atoms with Gasteiger partial charge in [-0.3, -0.25) is 0 Å². The molecule has 0 aromatic carbocycles. The summed E-state index contributed by atoms with van der Waals surface area (Å²) in [6, 6.07) is 8.77. The van der Waals surface area contributed by atoms with Crippen molar-refractivity contribution in [2.45, 2.75) is 27.3 Å². The Bertz CT molecular complexity index is 440. The second kappa shape index (κ2) is 5.60. The second-order valence-electron chi connectivity index (χ2n) is 3.98. The molecule has 0 unspecified atom stereocenters. The minimum Gasteiger partial charge on any atom is -1.00 e. The van der Waals surface area contributed by atoms with Gasteiger partial charge in [-0.1, -0.05) is 6.07 Å². The molecule has 0 saturated heterocycles. The Morgan fingerprint density at radius 3 is 2.25 bits per heavy atom. The molecule has 0 aliphatic heterocycles. The first-order valence-electron chi connectivity index (χ1n) is 5.17. The molecule has 0 aliphatic carbocycles. The zero-order valence-electron chi connectivity index (χ0n) is 9.83. The van der Waals surface area contributed by atoms with E-state index in [1.807, 2.05) is 11.3 Å². The van der Waals surface area contributed by atoms with Crippen molar-refractivity contribution in [1.29, 1.82) is 0 Å².